The van der Waals surface area contributed by atoms with Crippen LogP contribution in [0.5, 0.6) is 5.75 Å². The molecule has 0 radical (unpaired) electrons. The summed E-state index contributed by atoms with van der Waals surface area (Å²) < 4.78 is 5.23. The molecule has 0 spiro atoms. The van der Waals surface area contributed by atoms with Crippen molar-refractivity contribution in [2.45, 2.75) is 18.4 Å². The van der Waals surface area contributed by atoms with Crippen LogP contribution in [0.15, 0.2) is 18.2 Å². The quantitative estimate of drug-likeness (QED) is 0.463. The first-order valence-electron chi connectivity index (χ1n) is 6.16. The third-order valence-corrected chi connectivity index (χ3v) is 3.42. The van der Waals surface area contributed by atoms with Crippen molar-refractivity contribution in [2.75, 3.05) is 25.6 Å². The van der Waals surface area contributed by atoms with Crippen molar-refractivity contribution in [3.63, 3.8) is 0 Å². The van der Waals surface area contributed by atoms with Crippen molar-refractivity contribution >= 4 is 11.6 Å². The maximum atomic E-state index is 12.1. The maximum Gasteiger partial charge on any atom is 0.251 e. The number of rotatable bonds is 3. The standard InChI is InChI=1S/C13H18N2O4/c14-10-2-1-9(7-11(10)17)12(18)15-13(8-16)3-5-19-6-4-13/h1-2,7,16-17H,3-6,8,14H2,(H,15,18). The fourth-order valence-electron chi connectivity index (χ4n) is 2.08. The van der Waals surface area contributed by atoms with E-state index in [-0.39, 0.29) is 24.0 Å². The summed E-state index contributed by atoms with van der Waals surface area (Å²) in [5.41, 5.74) is 5.37. The number of aromatic hydroxyl groups is 1. The number of anilines is 1. The van der Waals surface area contributed by atoms with Crippen molar-refractivity contribution in [2.24, 2.45) is 0 Å². The number of hydrogen-bond donors (Lipinski definition) is 4. The van der Waals surface area contributed by atoms with Crippen LogP contribution < -0.4 is 11.1 Å². The highest BCUT2D eigenvalue weighted by atomic mass is 16.5. The molecule has 1 amide bonds. The van der Waals surface area contributed by atoms with Crippen molar-refractivity contribution in [3.8, 4) is 5.75 Å². The molecule has 1 aliphatic heterocycles. The summed E-state index contributed by atoms with van der Waals surface area (Å²) in [5, 5.41) is 21.8. The van der Waals surface area contributed by atoms with Crippen molar-refractivity contribution in [3.05, 3.63) is 23.8 Å². The lowest BCUT2D eigenvalue weighted by Gasteiger charge is -2.36. The Morgan fingerprint density at radius 2 is 2.11 bits per heavy atom. The van der Waals surface area contributed by atoms with E-state index in [0.717, 1.165) is 0 Å². The number of nitrogens with two attached hydrogens (primary N) is 1. The van der Waals surface area contributed by atoms with Gasteiger partial charge < -0.3 is 26.0 Å². The van der Waals surface area contributed by atoms with E-state index in [9.17, 15) is 15.0 Å². The number of nitrogen functional groups attached to an aromatic ring is 1. The zero-order chi connectivity index (χ0) is 13.9. The summed E-state index contributed by atoms with van der Waals surface area (Å²) in [4.78, 5) is 12.1. The fraction of sp³-hybridized carbons (Fsp3) is 0.462. The first-order valence-corrected chi connectivity index (χ1v) is 6.16. The lowest BCUT2D eigenvalue weighted by Crippen LogP contribution is -2.54. The second-order valence-electron chi connectivity index (χ2n) is 4.78. The van der Waals surface area contributed by atoms with E-state index in [2.05, 4.69) is 5.32 Å². The molecule has 1 aromatic rings. The second kappa shape index (κ2) is 5.46. The Morgan fingerprint density at radius 1 is 1.42 bits per heavy atom. The number of hydrogen-bond acceptors (Lipinski definition) is 5. The number of carbonyl (C=O) groups is 1. The lowest BCUT2D eigenvalue weighted by molar-refractivity contribution is 0.0125. The predicted octanol–water partition coefficient (Wildman–Crippen LogP) is 0.246. The molecule has 0 aromatic heterocycles. The van der Waals surface area contributed by atoms with Gasteiger partial charge in [-0.1, -0.05) is 0 Å². The van der Waals surface area contributed by atoms with E-state index in [0.29, 0.717) is 31.6 Å². The Kier molecular flexibility index (Phi) is 3.92. The molecule has 1 aromatic carbocycles. The van der Waals surface area contributed by atoms with Crippen LogP contribution in [0.1, 0.15) is 23.2 Å². The van der Waals surface area contributed by atoms with Gasteiger partial charge in [0.15, 0.2) is 0 Å². The molecule has 5 N–H and O–H groups in total. The molecule has 6 nitrogen and oxygen atoms in total. The molecule has 0 aliphatic carbocycles. The molecular formula is C13H18N2O4. The van der Waals surface area contributed by atoms with E-state index in [1.807, 2.05) is 0 Å². The molecule has 19 heavy (non-hydrogen) atoms. The van der Waals surface area contributed by atoms with Gasteiger partial charge in [0.1, 0.15) is 5.75 Å². The van der Waals surface area contributed by atoms with Crippen LogP contribution in [0.25, 0.3) is 0 Å². The van der Waals surface area contributed by atoms with E-state index in [4.69, 9.17) is 10.5 Å². The summed E-state index contributed by atoms with van der Waals surface area (Å²) in [7, 11) is 0. The number of aliphatic hydroxyl groups is 1. The van der Waals surface area contributed by atoms with E-state index >= 15 is 0 Å². The molecule has 0 atom stereocenters. The number of phenols is 1. The van der Waals surface area contributed by atoms with Crippen LogP contribution in [-0.2, 0) is 4.74 Å². The number of ether oxygens (including phenoxy) is 1. The second-order valence-corrected chi connectivity index (χ2v) is 4.78. The third kappa shape index (κ3) is 2.97. The predicted molar refractivity (Wildman–Crippen MR) is 69.9 cm³/mol. The Labute approximate surface area is 111 Å². The van der Waals surface area contributed by atoms with Gasteiger partial charge >= 0.3 is 0 Å². The third-order valence-electron chi connectivity index (χ3n) is 3.42. The van der Waals surface area contributed by atoms with Crippen LogP contribution in [0, 0.1) is 0 Å². The highest BCUT2D eigenvalue weighted by Gasteiger charge is 2.33. The van der Waals surface area contributed by atoms with Gasteiger partial charge in [-0.25, -0.2) is 0 Å². The minimum atomic E-state index is -0.646. The zero-order valence-electron chi connectivity index (χ0n) is 10.6. The largest absolute Gasteiger partial charge is 0.506 e. The van der Waals surface area contributed by atoms with E-state index in [1.165, 1.54) is 18.2 Å². The van der Waals surface area contributed by atoms with Crippen LogP contribution in [0.3, 0.4) is 0 Å². The highest BCUT2D eigenvalue weighted by Crippen LogP contribution is 2.23. The molecule has 1 fully saturated rings. The van der Waals surface area contributed by atoms with Gasteiger partial charge in [0, 0.05) is 18.8 Å². The molecule has 0 unspecified atom stereocenters. The number of amides is 1. The minimum absolute atomic E-state index is 0.127. The summed E-state index contributed by atoms with van der Waals surface area (Å²) in [6.07, 6.45) is 1.13. The number of phenolic OH excluding ortho intramolecular Hbond substituents is 1. The SMILES string of the molecule is Nc1ccc(C(=O)NC2(CO)CCOCC2)cc1O. The maximum absolute atomic E-state index is 12.1. The molecule has 2 rings (SSSR count). The smallest absolute Gasteiger partial charge is 0.251 e. The monoisotopic (exact) mass is 266 g/mol. The average Bonchev–Trinajstić information content (AvgIpc) is 2.43. The molecule has 0 bridgehead atoms. The van der Waals surface area contributed by atoms with Gasteiger partial charge in [-0.05, 0) is 31.0 Å². The molecule has 1 aliphatic rings. The molecular weight excluding hydrogens is 248 g/mol. The fourth-order valence-corrected chi connectivity index (χ4v) is 2.08. The molecule has 104 valence electrons. The van der Waals surface area contributed by atoms with Gasteiger partial charge in [-0.2, -0.15) is 0 Å². The summed E-state index contributed by atoms with van der Waals surface area (Å²) in [6, 6.07) is 4.32. The highest BCUT2D eigenvalue weighted by molar-refractivity contribution is 5.95. The van der Waals surface area contributed by atoms with Crippen molar-refractivity contribution < 1.29 is 19.7 Å². The van der Waals surface area contributed by atoms with Gasteiger partial charge in [0.2, 0.25) is 0 Å². The molecule has 6 heteroatoms. The zero-order valence-corrected chi connectivity index (χ0v) is 10.6. The Bertz CT molecular complexity index is 470. The number of benzene rings is 1. The van der Waals surface area contributed by atoms with Crippen LogP contribution >= 0.6 is 0 Å². The van der Waals surface area contributed by atoms with Crippen LogP contribution in [-0.4, -0.2) is 41.5 Å². The summed E-state index contributed by atoms with van der Waals surface area (Å²) in [6.45, 7) is 0.880. The number of nitrogens with one attached hydrogen (secondary N) is 1. The first-order chi connectivity index (χ1) is 9.06. The summed E-state index contributed by atoms with van der Waals surface area (Å²) >= 11 is 0. The molecule has 0 saturated carbocycles. The van der Waals surface area contributed by atoms with E-state index in [1.54, 1.807) is 0 Å². The van der Waals surface area contributed by atoms with Crippen LogP contribution in [0.2, 0.25) is 0 Å². The first kappa shape index (κ1) is 13.6. The van der Waals surface area contributed by atoms with Crippen molar-refractivity contribution in [1.82, 2.24) is 5.32 Å². The van der Waals surface area contributed by atoms with Gasteiger partial charge in [0.05, 0.1) is 17.8 Å². The number of carbonyl (C=O) groups excluding carboxylic acids is 1. The topological polar surface area (TPSA) is 105 Å². The van der Waals surface area contributed by atoms with Gasteiger partial charge in [-0.3, -0.25) is 4.79 Å². The Balaban J connectivity index is 2.12. The van der Waals surface area contributed by atoms with Gasteiger partial charge in [-0.15, -0.1) is 0 Å². The Morgan fingerprint density at radius 3 is 2.68 bits per heavy atom. The molecule has 1 saturated heterocycles. The average molecular weight is 266 g/mol. The van der Waals surface area contributed by atoms with Gasteiger partial charge in [0.25, 0.3) is 5.91 Å². The normalized spacial score (nSPS) is 17.9. The van der Waals surface area contributed by atoms with Crippen molar-refractivity contribution in [1.29, 1.82) is 0 Å². The summed E-state index contributed by atoms with van der Waals surface area (Å²) in [5.74, 6) is -0.469. The lowest BCUT2D eigenvalue weighted by atomic mass is 9.90. The van der Waals surface area contributed by atoms with E-state index < -0.39 is 5.54 Å². The van der Waals surface area contributed by atoms with Crippen LogP contribution in [0.4, 0.5) is 5.69 Å². The molecule has 1 heterocycles. The number of aliphatic hydroxyl groups excluding tert-OH is 1. The minimum Gasteiger partial charge on any atom is -0.506 e. The Hall–Kier alpha value is -1.79.